The number of carbonyl (C=O) groups is 1. The van der Waals surface area contributed by atoms with Gasteiger partial charge in [-0.3, -0.25) is 14.2 Å². The summed E-state index contributed by atoms with van der Waals surface area (Å²) in [6.45, 7) is 5.42. The smallest absolute Gasteiger partial charge is 0.276 e. The van der Waals surface area contributed by atoms with Crippen molar-refractivity contribution >= 4 is 17.5 Å². The molecule has 1 heterocycles. The number of unbranched alkanes of at least 4 members (excludes halogenated alkanes) is 1. The van der Waals surface area contributed by atoms with Gasteiger partial charge in [-0.15, -0.1) is 0 Å². The monoisotopic (exact) mass is 427 g/mol. The third-order valence-corrected chi connectivity index (χ3v) is 4.52. The second-order valence-corrected chi connectivity index (χ2v) is 7.26. The highest BCUT2D eigenvalue weighted by atomic mass is 35.5. The topological polar surface area (TPSA) is 73.2 Å². The summed E-state index contributed by atoms with van der Waals surface area (Å²) in [6, 6.07) is 2.97. The Balaban J connectivity index is 2.20. The number of halogens is 3. The van der Waals surface area contributed by atoms with Crippen molar-refractivity contribution < 1.29 is 18.3 Å². The van der Waals surface area contributed by atoms with Crippen LogP contribution in [0.15, 0.2) is 23.0 Å². The summed E-state index contributed by atoms with van der Waals surface area (Å²) in [5, 5.41) is 2.52. The molecule has 0 aliphatic carbocycles. The van der Waals surface area contributed by atoms with E-state index >= 15 is 0 Å². The molecule has 1 amide bonds. The van der Waals surface area contributed by atoms with Crippen molar-refractivity contribution in [2.24, 2.45) is 0 Å². The van der Waals surface area contributed by atoms with E-state index < -0.39 is 17.2 Å². The molecule has 0 radical (unpaired) electrons. The summed E-state index contributed by atoms with van der Waals surface area (Å²) in [7, 11) is 0. The van der Waals surface area contributed by atoms with E-state index in [-0.39, 0.29) is 35.0 Å². The molecule has 29 heavy (non-hydrogen) atoms. The first kappa shape index (κ1) is 22.8. The van der Waals surface area contributed by atoms with Gasteiger partial charge in [-0.2, -0.15) is 4.98 Å². The highest BCUT2D eigenvalue weighted by Crippen LogP contribution is 2.22. The van der Waals surface area contributed by atoms with E-state index in [1.165, 1.54) is 17.6 Å². The number of nitrogens with zero attached hydrogens (tertiary/aromatic N) is 2. The SMILES string of the molecule is CC(=O)NCCCCc1nc(OCc2ccc(F)cc2F)c(Cl)c(=O)n1C(C)C. The van der Waals surface area contributed by atoms with Crippen LogP contribution in [0.3, 0.4) is 0 Å². The van der Waals surface area contributed by atoms with Gasteiger partial charge in [0, 0.05) is 37.6 Å². The van der Waals surface area contributed by atoms with Crippen molar-refractivity contribution in [3.8, 4) is 5.88 Å². The third kappa shape index (κ3) is 6.25. The van der Waals surface area contributed by atoms with Crippen molar-refractivity contribution in [2.45, 2.75) is 52.7 Å². The Morgan fingerprint density at radius 1 is 1.31 bits per heavy atom. The lowest BCUT2D eigenvalue weighted by molar-refractivity contribution is -0.118. The van der Waals surface area contributed by atoms with Gasteiger partial charge in [0.05, 0.1) is 0 Å². The standard InChI is InChI=1S/C20H24ClF2N3O3/c1-12(2)26-17(6-4-5-9-24-13(3)27)25-19(18(21)20(26)28)29-11-14-7-8-15(22)10-16(14)23/h7-8,10,12H,4-6,9,11H2,1-3H3,(H,24,27). The predicted molar refractivity (Wildman–Crippen MR) is 106 cm³/mol. The molecule has 0 spiro atoms. The molecular formula is C20H24ClF2N3O3. The van der Waals surface area contributed by atoms with Gasteiger partial charge in [0.15, 0.2) is 5.02 Å². The van der Waals surface area contributed by atoms with E-state index in [1.807, 2.05) is 13.8 Å². The van der Waals surface area contributed by atoms with Gasteiger partial charge < -0.3 is 10.1 Å². The Morgan fingerprint density at radius 3 is 2.66 bits per heavy atom. The van der Waals surface area contributed by atoms with Crippen LogP contribution in [0.2, 0.25) is 5.02 Å². The summed E-state index contributed by atoms with van der Waals surface area (Å²) in [4.78, 5) is 28.0. The number of hydrogen-bond donors (Lipinski definition) is 1. The van der Waals surface area contributed by atoms with Crippen molar-refractivity contribution in [1.29, 1.82) is 0 Å². The first-order chi connectivity index (χ1) is 13.7. The second-order valence-electron chi connectivity index (χ2n) is 6.88. The fraction of sp³-hybridized carbons (Fsp3) is 0.450. The third-order valence-electron chi connectivity index (χ3n) is 4.20. The molecule has 2 aromatic rings. The van der Waals surface area contributed by atoms with Crippen LogP contribution < -0.4 is 15.6 Å². The number of benzene rings is 1. The maximum Gasteiger partial charge on any atom is 0.276 e. The number of aromatic nitrogens is 2. The van der Waals surface area contributed by atoms with Crippen LogP contribution in [0.1, 0.15) is 51.0 Å². The molecule has 0 aliphatic heterocycles. The molecule has 9 heteroatoms. The maximum atomic E-state index is 13.8. The van der Waals surface area contributed by atoms with E-state index in [2.05, 4.69) is 10.3 Å². The zero-order valence-corrected chi connectivity index (χ0v) is 17.4. The van der Waals surface area contributed by atoms with Gasteiger partial charge in [-0.25, -0.2) is 8.78 Å². The highest BCUT2D eigenvalue weighted by Gasteiger charge is 2.18. The lowest BCUT2D eigenvalue weighted by Crippen LogP contribution is -2.28. The van der Waals surface area contributed by atoms with Crippen molar-refractivity contribution in [2.75, 3.05) is 6.54 Å². The largest absolute Gasteiger partial charge is 0.471 e. The number of rotatable bonds is 9. The Hall–Kier alpha value is -2.48. The summed E-state index contributed by atoms with van der Waals surface area (Å²) in [5.41, 5.74) is -0.322. The normalized spacial score (nSPS) is 11.0. The molecule has 1 N–H and O–H groups in total. The van der Waals surface area contributed by atoms with Gasteiger partial charge in [0.25, 0.3) is 5.56 Å². The van der Waals surface area contributed by atoms with E-state index in [4.69, 9.17) is 16.3 Å². The average Bonchev–Trinajstić information content (AvgIpc) is 2.63. The van der Waals surface area contributed by atoms with E-state index in [1.54, 1.807) is 0 Å². The van der Waals surface area contributed by atoms with Crippen molar-refractivity contribution in [3.63, 3.8) is 0 Å². The van der Waals surface area contributed by atoms with E-state index in [9.17, 15) is 18.4 Å². The second kappa shape index (κ2) is 10.3. The molecular weight excluding hydrogens is 404 g/mol. The summed E-state index contributed by atoms with van der Waals surface area (Å²) in [6.07, 6.45) is 1.88. The molecule has 158 valence electrons. The van der Waals surface area contributed by atoms with Crippen LogP contribution >= 0.6 is 11.6 Å². The minimum atomic E-state index is -0.755. The first-order valence-electron chi connectivity index (χ1n) is 9.32. The van der Waals surface area contributed by atoms with Crippen LogP contribution in [0.25, 0.3) is 0 Å². The van der Waals surface area contributed by atoms with Gasteiger partial charge in [-0.05, 0) is 38.8 Å². The van der Waals surface area contributed by atoms with Crippen LogP contribution in [0.4, 0.5) is 8.78 Å². The average molecular weight is 428 g/mol. The van der Waals surface area contributed by atoms with E-state index in [0.717, 1.165) is 12.1 Å². The zero-order valence-electron chi connectivity index (χ0n) is 16.6. The van der Waals surface area contributed by atoms with Crippen LogP contribution in [0, 0.1) is 11.6 Å². The van der Waals surface area contributed by atoms with Gasteiger partial charge in [0.1, 0.15) is 24.1 Å². The molecule has 2 rings (SSSR count). The molecule has 0 bridgehead atoms. The van der Waals surface area contributed by atoms with Gasteiger partial charge >= 0.3 is 0 Å². The summed E-state index contributed by atoms with van der Waals surface area (Å²) >= 11 is 6.14. The Bertz CT molecular complexity index is 932. The highest BCUT2D eigenvalue weighted by molar-refractivity contribution is 6.31. The number of carbonyl (C=O) groups excluding carboxylic acids is 1. The zero-order chi connectivity index (χ0) is 21.6. The molecule has 0 saturated carbocycles. The molecule has 1 aromatic heterocycles. The Kier molecular flexibility index (Phi) is 8.13. The first-order valence-corrected chi connectivity index (χ1v) is 9.70. The molecule has 0 fully saturated rings. The fourth-order valence-electron chi connectivity index (χ4n) is 2.80. The van der Waals surface area contributed by atoms with Crippen LogP contribution in [-0.4, -0.2) is 22.0 Å². The minimum Gasteiger partial charge on any atom is -0.471 e. The van der Waals surface area contributed by atoms with Crippen LogP contribution in [-0.2, 0) is 17.8 Å². The molecule has 0 atom stereocenters. The molecule has 0 saturated heterocycles. The fourth-order valence-corrected chi connectivity index (χ4v) is 2.98. The van der Waals surface area contributed by atoms with Crippen LogP contribution in [0.5, 0.6) is 5.88 Å². The van der Waals surface area contributed by atoms with Gasteiger partial charge in [-0.1, -0.05) is 11.6 Å². The predicted octanol–water partition coefficient (Wildman–Crippen LogP) is 3.79. The number of nitrogens with one attached hydrogen (secondary N) is 1. The number of amides is 1. The lowest BCUT2D eigenvalue weighted by atomic mass is 10.2. The lowest BCUT2D eigenvalue weighted by Gasteiger charge is -2.18. The maximum absolute atomic E-state index is 13.8. The molecule has 1 aromatic carbocycles. The molecule has 0 aliphatic rings. The number of hydrogen-bond acceptors (Lipinski definition) is 4. The van der Waals surface area contributed by atoms with Crippen molar-refractivity contribution in [1.82, 2.24) is 14.9 Å². The minimum absolute atomic E-state index is 0.0887. The van der Waals surface area contributed by atoms with E-state index in [0.29, 0.717) is 31.6 Å². The summed E-state index contributed by atoms with van der Waals surface area (Å²) in [5.74, 6) is -1.14. The summed E-state index contributed by atoms with van der Waals surface area (Å²) < 4.78 is 33.8. The van der Waals surface area contributed by atoms with Crippen molar-refractivity contribution in [3.05, 3.63) is 56.6 Å². The quantitative estimate of drug-likeness (QED) is 0.618. The molecule has 0 unspecified atom stereocenters. The Labute approximate surface area is 172 Å². The van der Waals surface area contributed by atoms with Gasteiger partial charge in [0.2, 0.25) is 11.8 Å². The Morgan fingerprint density at radius 2 is 2.03 bits per heavy atom. The number of aryl methyl sites for hydroxylation is 1. The number of ether oxygens (including phenoxy) is 1. The molecule has 6 nitrogen and oxygen atoms in total.